The quantitative estimate of drug-likeness (QED) is 0.294. The van der Waals surface area contributed by atoms with Crippen molar-refractivity contribution in [2.45, 2.75) is 6.92 Å². The Kier molecular flexibility index (Phi) is 1.80. The van der Waals surface area contributed by atoms with Crippen LogP contribution in [0.3, 0.4) is 0 Å². The summed E-state index contributed by atoms with van der Waals surface area (Å²) >= 11 is 0. The lowest BCUT2D eigenvalue weighted by atomic mass is 10.7. The normalized spacial score (nSPS) is 11.1. The van der Waals surface area contributed by atoms with Gasteiger partial charge in [0.05, 0.1) is 0 Å². The standard InChI is InChI=1S/C6H11N4/c1-6-9(3)8-5-10(6)4-7-2/h4-5H,1-3H3/q+1/b7-4-. The first-order valence-corrected chi connectivity index (χ1v) is 3.07. The molecule has 0 saturated heterocycles. The van der Waals surface area contributed by atoms with Gasteiger partial charge in [0.1, 0.15) is 7.05 Å². The molecule has 1 heterocycles. The third-order valence-electron chi connectivity index (χ3n) is 1.43. The van der Waals surface area contributed by atoms with E-state index in [1.165, 1.54) is 0 Å². The van der Waals surface area contributed by atoms with Crippen LogP contribution in [0.2, 0.25) is 0 Å². The average molecular weight is 139 g/mol. The first-order valence-electron chi connectivity index (χ1n) is 3.07. The maximum Gasteiger partial charge on any atom is 0.280 e. The van der Waals surface area contributed by atoms with Crippen LogP contribution in [0, 0.1) is 6.92 Å². The fourth-order valence-corrected chi connectivity index (χ4v) is 0.705. The molecule has 0 aliphatic heterocycles. The highest BCUT2D eigenvalue weighted by molar-refractivity contribution is 5.57. The van der Waals surface area contributed by atoms with Crippen molar-refractivity contribution in [3.8, 4) is 0 Å². The van der Waals surface area contributed by atoms with Gasteiger partial charge in [-0.1, -0.05) is 0 Å². The zero-order valence-corrected chi connectivity index (χ0v) is 6.44. The number of aliphatic imine (C=N–C) groups is 1. The molecule has 0 radical (unpaired) electrons. The summed E-state index contributed by atoms with van der Waals surface area (Å²) in [5.41, 5.74) is 0. The highest BCUT2D eigenvalue weighted by Gasteiger charge is 2.06. The summed E-state index contributed by atoms with van der Waals surface area (Å²) in [6.07, 6.45) is 3.45. The monoisotopic (exact) mass is 139 g/mol. The van der Waals surface area contributed by atoms with Crippen LogP contribution in [0.25, 0.3) is 0 Å². The van der Waals surface area contributed by atoms with Crippen molar-refractivity contribution in [2.24, 2.45) is 12.0 Å². The van der Waals surface area contributed by atoms with E-state index in [-0.39, 0.29) is 0 Å². The fourth-order valence-electron chi connectivity index (χ4n) is 0.705. The van der Waals surface area contributed by atoms with E-state index in [9.17, 15) is 0 Å². The molecule has 0 fully saturated rings. The number of hydrogen-bond acceptors (Lipinski definition) is 2. The summed E-state index contributed by atoms with van der Waals surface area (Å²) in [7, 11) is 3.63. The molecule has 54 valence electrons. The van der Waals surface area contributed by atoms with E-state index in [1.807, 2.05) is 18.5 Å². The lowest BCUT2D eigenvalue weighted by molar-refractivity contribution is -0.734. The van der Waals surface area contributed by atoms with Crippen LogP contribution in [-0.2, 0) is 7.05 Å². The van der Waals surface area contributed by atoms with Crippen molar-refractivity contribution in [3.05, 3.63) is 12.2 Å². The third-order valence-corrected chi connectivity index (χ3v) is 1.43. The largest absolute Gasteiger partial charge is 0.280 e. The lowest BCUT2D eigenvalue weighted by Crippen LogP contribution is -2.33. The van der Waals surface area contributed by atoms with Crippen molar-refractivity contribution in [3.63, 3.8) is 0 Å². The van der Waals surface area contributed by atoms with Gasteiger partial charge in [0.15, 0.2) is 6.34 Å². The van der Waals surface area contributed by atoms with Crippen molar-refractivity contribution in [1.29, 1.82) is 0 Å². The Bertz CT molecular complexity index is 248. The summed E-state index contributed by atoms with van der Waals surface area (Å²) in [5, 5.41) is 4.02. The Morgan fingerprint density at radius 2 is 2.50 bits per heavy atom. The van der Waals surface area contributed by atoms with Crippen molar-refractivity contribution < 1.29 is 4.68 Å². The van der Waals surface area contributed by atoms with Crippen molar-refractivity contribution in [1.82, 2.24) is 9.67 Å². The van der Waals surface area contributed by atoms with Gasteiger partial charge in [0.25, 0.3) is 5.82 Å². The van der Waals surface area contributed by atoms with Crippen LogP contribution < -0.4 is 4.68 Å². The number of nitrogens with zero attached hydrogens (tertiary/aromatic N) is 4. The average Bonchev–Trinajstić information content (AvgIpc) is 2.20. The van der Waals surface area contributed by atoms with Gasteiger partial charge in [-0.05, 0) is 5.10 Å². The minimum atomic E-state index is 1.06. The minimum Gasteiger partial charge on any atom is -0.257 e. The number of hydrogen-bond donors (Lipinski definition) is 0. The highest BCUT2D eigenvalue weighted by Crippen LogP contribution is 1.82. The summed E-state index contributed by atoms with van der Waals surface area (Å²) in [6.45, 7) is 1.98. The molecule has 0 bridgehead atoms. The van der Waals surface area contributed by atoms with Gasteiger partial charge in [0, 0.05) is 14.0 Å². The minimum absolute atomic E-state index is 1.06. The summed E-state index contributed by atoms with van der Waals surface area (Å²) in [5.74, 6) is 1.06. The van der Waals surface area contributed by atoms with Crippen molar-refractivity contribution >= 4 is 6.34 Å². The molecular formula is C6H11N4+. The topological polar surface area (TPSA) is 34.1 Å². The maximum absolute atomic E-state index is 4.02. The Balaban J connectivity index is 3.05. The fraction of sp³-hybridized carbons (Fsp3) is 0.500. The first kappa shape index (κ1) is 6.92. The smallest absolute Gasteiger partial charge is 0.257 e. The van der Waals surface area contributed by atoms with E-state index in [2.05, 4.69) is 10.1 Å². The second kappa shape index (κ2) is 2.60. The SMILES string of the molecule is C/N=C\n1cn[n+](C)c1C. The molecule has 0 aromatic carbocycles. The van der Waals surface area contributed by atoms with E-state index in [0.29, 0.717) is 0 Å². The zero-order chi connectivity index (χ0) is 7.56. The van der Waals surface area contributed by atoms with Gasteiger partial charge in [-0.15, -0.1) is 4.68 Å². The van der Waals surface area contributed by atoms with Crippen LogP contribution in [0.1, 0.15) is 5.82 Å². The van der Waals surface area contributed by atoms with Gasteiger partial charge >= 0.3 is 0 Å². The number of aryl methyl sites for hydroxylation is 1. The summed E-state index contributed by atoms with van der Waals surface area (Å²) in [6, 6.07) is 0. The predicted molar refractivity (Wildman–Crippen MR) is 38.0 cm³/mol. The third kappa shape index (κ3) is 1.05. The predicted octanol–water partition coefficient (Wildman–Crippen LogP) is -0.478. The Morgan fingerprint density at radius 3 is 2.90 bits per heavy atom. The maximum atomic E-state index is 4.02. The van der Waals surface area contributed by atoms with E-state index in [0.717, 1.165) is 5.82 Å². The molecule has 0 spiro atoms. The van der Waals surface area contributed by atoms with E-state index >= 15 is 0 Å². The Hall–Kier alpha value is -1.19. The van der Waals surface area contributed by atoms with E-state index in [4.69, 9.17) is 0 Å². The Labute approximate surface area is 59.8 Å². The highest BCUT2D eigenvalue weighted by atomic mass is 15.4. The molecule has 1 rings (SSSR count). The molecule has 0 aliphatic carbocycles. The van der Waals surface area contributed by atoms with Crippen LogP contribution in [0.4, 0.5) is 0 Å². The molecule has 4 heteroatoms. The molecule has 0 saturated carbocycles. The van der Waals surface area contributed by atoms with Crippen LogP contribution in [0.5, 0.6) is 0 Å². The lowest BCUT2D eigenvalue weighted by Gasteiger charge is -1.83. The van der Waals surface area contributed by atoms with E-state index < -0.39 is 0 Å². The zero-order valence-electron chi connectivity index (χ0n) is 6.44. The molecule has 0 atom stereocenters. The van der Waals surface area contributed by atoms with E-state index in [1.54, 1.807) is 24.4 Å². The molecule has 1 aromatic heterocycles. The number of rotatable bonds is 1. The van der Waals surface area contributed by atoms with Crippen LogP contribution in [0.15, 0.2) is 11.3 Å². The first-order chi connectivity index (χ1) is 4.75. The van der Waals surface area contributed by atoms with Crippen LogP contribution >= 0.6 is 0 Å². The summed E-state index contributed by atoms with van der Waals surface area (Å²) < 4.78 is 3.65. The second-order valence-corrected chi connectivity index (χ2v) is 2.08. The molecule has 10 heavy (non-hydrogen) atoms. The van der Waals surface area contributed by atoms with Gasteiger partial charge in [-0.2, -0.15) is 4.57 Å². The van der Waals surface area contributed by atoms with Gasteiger partial charge in [-0.25, -0.2) is 0 Å². The molecule has 0 amide bonds. The van der Waals surface area contributed by atoms with Gasteiger partial charge in [0.2, 0.25) is 6.33 Å². The molecule has 1 aromatic rings. The summed E-state index contributed by atoms with van der Waals surface area (Å²) in [4.78, 5) is 3.86. The van der Waals surface area contributed by atoms with Crippen molar-refractivity contribution in [2.75, 3.05) is 7.05 Å². The Morgan fingerprint density at radius 1 is 1.80 bits per heavy atom. The molecule has 0 aliphatic rings. The van der Waals surface area contributed by atoms with Crippen LogP contribution in [-0.4, -0.2) is 23.1 Å². The number of aromatic nitrogens is 3. The van der Waals surface area contributed by atoms with Gasteiger partial charge < -0.3 is 0 Å². The van der Waals surface area contributed by atoms with Gasteiger partial charge in [-0.3, -0.25) is 4.99 Å². The molecule has 4 nitrogen and oxygen atoms in total. The molecular weight excluding hydrogens is 128 g/mol. The molecule has 0 unspecified atom stereocenters. The second-order valence-electron chi connectivity index (χ2n) is 2.08. The molecule has 0 N–H and O–H groups in total.